The number of nitrogens with one attached hydrogen (secondary N) is 1. The van der Waals surface area contributed by atoms with Gasteiger partial charge in [0.15, 0.2) is 0 Å². The van der Waals surface area contributed by atoms with Crippen molar-refractivity contribution < 1.29 is 0 Å². The number of hydrogen-bond donors (Lipinski definition) is 1. The highest BCUT2D eigenvalue weighted by Gasteiger charge is 2.04. The van der Waals surface area contributed by atoms with Crippen molar-refractivity contribution in [3.05, 3.63) is 28.2 Å². The largest absolute Gasteiger partial charge is 0.383 e. The molecule has 0 aliphatic rings. The number of benzene rings is 1. The minimum Gasteiger partial charge on any atom is -0.383 e. The molecule has 1 N–H and O–H groups in total. The van der Waals surface area contributed by atoms with Crippen molar-refractivity contribution in [3.8, 4) is 6.07 Å². The van der Waals surface area contributed by atoms with E-state index in [0.29, 0.717) is 5.56 Å². The van der Waals surface area contributed by atoms with E-state index < -0.39 is 0 Å². The minimum atomic E-state index is 0.675. The van der Waals surface area contributed by atoms with Gasteiger partial charge in [-0.25, -0.2) is 0 Å². The molecule has 0 fully saturated rings. The molecule has 0 saturated carbocycles. The number of halogens is 1. The van der Waals surface area contributed by atoms with Crippen LogP contribution < -0.4 is 5.32 Å². The topological polar surface area (TPSA) is 35.8 Å². The van der Waals surface area contributed by atoms with Gasteiger partial charge < -0.3 is 5.32 Å². The number of thioether (sulfide) groups is 1. The van der Waals surface area contributed by atoms with Gasteiger partial charge in [0.2, 0.25) is 0 Å². The predicted molar refractivity (Wildman–Crippen MR) is 65.7 cm³/mol. The lowest BCUT2D eigenvalue weighted by Crippen LogP contribution is -2.05. The van der Waals surface area contributed by atoms with Crippen LogP contribution in [0.4, 0.5) is 5.69 Å². The molecule has 1 rings (SSSR count). The van der Waals surface area contributed by atoms with Gasteiger partial charge in [-0.2, -0.15) is 17.0 Å². The number of hydrogen-bond acceptors (Lipinski definition) is 3. The van der Waals surface area contributed by atoms with Gasteiger partial charge in [-0.15, -0.1) is 0 Å². The molecule has 0 amide bonds. The zero-order valence-electron chi connectivity index (χ0n) is 7.88. The Morgan fingerprint density at radius 3 is 3.00 bits per heavy atom. The Morgan fingerprint density at radius 1 is 1.57 bits per heavy atom. The minimum absolute atomic E-state index is 0.675. The van der Waals surface area contributed by atoms with Gasteiger partial charge in [-0.3, -0.25) is 0 Å². The Labute approximate surface area is 96.8 Å². The first kappa shape index (κ1) is 11.4. The summed E-state index contributed by atoms with van der Waals surface area (Å²) in [4.78, 5) is 0. The highest BCUT2D eigenvalue weighted by atomic mass is 79.9. The lowest BCUT2D eigenvalue weighted by molar-refractivity contribution is 1.22. The first-order valence-corrected chi connectivity index (χ1v) is 6.39. The first-order valence-electron chi connectivity index (χ1n) is 4.21. The van der Waals surface area contributed by atoms with Crippen molar-refractivity contribution in [2.24, 2.45) is 0 Å². The summed E-state index contributed by atoms with van der Waals surface area (Å²) in [5, 5.41) is 12.2. The lowest BCUT2D eigenvalue weighted by atomic mass is 10.2. The monoisotopic (exact) mass is 270 g/mol. The summed E-state index contributed by atoms with van der Waals surface area (Å²) in [6.45, 7) is 0.881. The van der Waals surface area contributed by atoms with Gasteiger partial charge in [-0.05, 0) is 34.3 Å². The second-order valence-electron chi connectivity index (χ2n) is 2.69. The lowest BCUT2D eigenvalue weighted by Gasteiger charge is -2.07. The number of rotatable bonds is 4. The van der Waals surface area contributed by atoms with Crippen LogP contribution >= 0.6 is 27.7 Å². The molecule has 0 aromatic heterocycles. The van der Waals surface area contributed by atoms with Crippen molar-refractivity contribution in [2.45, 2.75) is 0 Å². The molecule has 14 heavy (non-hydrogen) atoms. The van der Waals surface area contributed by atoms with Crippen LogP contribution in [0.2, 0.25) is 0 Å². The van der Waals surface area contributed by atoms with Crippen LogP contribution in [0.1, 0.15) is 5.56 Å². The van der Waals surface area contributed by atoms with E-state index in [2.05, 4.69) is 33.6 Å². The standard InChI is InChI=1S/C10H11BrN2S/c1-14-6-5-13-10-4-2-3-9(11)8(10)7-12/h2-4,13H,5-6H2,1H3. The quantitative estimate of drug-likeness (QED) is 0.855. The molecule has 1 aromatic rings. The zero-order chi connectivity index (χ0) is 10.4. The summed E-state index contributed by atoms with van der Waals surface area (Å²) in [6, 6.07) is 7.89. The number of anilines is 1. The zero-order valence-corrected chi connectivity index (χ0v) is 10.3. The van der Waals surface area contributed by atoms with Gasteiger partial charge in [-0.1, -0.05) is 6.07 Å². The summed E-state index contributed by atoms with van der Waals surface area (Å²) >= 11 is 5.13. The van der Waals surface area contributed by atoms with E-state index >= 15 is 0 Å². The maximum Gasteiger partial charge on any atom is 0.103 e. The second kappa shape index (κ2) is 5.94. The summed E-state index contributed by atoms with van der Waals surface area (Å²) in [7, 11) is 0. The molecule has 4 heteroatoms. The maximum atomic E-state index is 8.93. The fraction of sp³-hybridized carbons (Fsp3) is 0.300. The van der Waals surface area contributed by atoms with Gasteiger partial charge in [0, 0.05) is 16.8 Å². The molecule has 0 saturated heterocycles. The molecule has 0 bridgehead atoms. The normalized spacial score (nSPS) is 9.50. The molecule has 0 heterocycles. The van der Waals surface area contributed by atoms with E-state index in [1.165, 1.54) is 0 Å². The second-order valence-corrected chi connectivity index (χ2v) is 4.53. The molecule has 0 spiro atoms. The van der Waals surface area contributed by atoms with E-state index in [1.54, 1.807) is 11.8 Å². The molecular weight excluding hydrogens is 260 g/mol. The summed E-state index contributed by atoms with van der Waals surface area (Å²) < 4.78 is 0.842. The maximum absolute atomic E-state index is 8.93. The molecule has 0 unspecified atom stereocenters. The fourth-order valence-corrected chi connectivity index (χ4v) is 1.83. The van der Waals surface area contributed by atoms with Crippen LogP contribution in [0.25, 0.3) is 0 Å². The van der Waals surface area contributed by atoms with Crippen molar-refractivity contribution in [1.29, 1.82) is 5.26 Å². The van der Waals surface area contributed by atoms with Crippen LogP contribution in [0.15, 0.2) is 22.7 Å². The Balaban J connectivity index is 2.76. The molecule has 1 aromatic carbocycles. The summed E-state index contributed by atoms with van der Waals surface area (Å²) in [5.74, 6) is 1.04. The molecular formula is C10H11BrN2S. The summed E-state index contributed by atoms with van der Waals surface area (Å²) in [5.41, 5.74) is 1.57. The van der Waals surface area contributed by atoms with Crippen molar-refractivity contribution in [2.75, 3.05) is 23.9 Å². The van der Waals surface area contributed by atoms with Crippen LogP contribution in [-0.4, -0.2) is 18.6 Å². The Hall–Kier alpha value is -0.660. The van der Waals surface area contributed by atoms with E-state index in [0.717, 1.165) is 22.5 Å². The molecule has 74 valence electrons. The fourth-order valence-electron chi connectivity index (χ4n) is 1.07. The third-order valence-electron chi connectivity index (χ3n) is 1.75. The van der Waals surface area contributed by atoms with E-state index in [4.69, 9.17) is 5.26 Å². The molecule has 0 atom stereocenters. The van der Waals surface area contributed by atoms with Crippen molar-refractivity contribution >= 4 is 33.4 Å². The van der Waals surface area contributed by atoms with E-state index in [9.17, 15) is 0 Å². The highest BCUT2D eigenvalue weighted by Crippen LogP contribution is 2.23. The Kier molecular flexibility index (Phi) is 4.85. The Bertz CT molecular complexity index is 346. The molecule has 2 nitrogen and oxygen atoms in total. The number of nitriles is 1. The third-order valence-corrected chi connectivity index (χ3v) is 3.02. The van der Waals surface area contributed by atoms with E-state index in [-0.39, 0.29) is 0 Å². The molecule has 0 aliphatic heterocycles. The van der Waals surface area contributed by atoms with Crippen LogP contribution in [0.5, 0.6) is 0 Å². The average Bonchev–Trinajstić information content (AvgIpc) is 2.18. The van der Waals surface area contributed by atoms with Gasteiger partial charge in [0.1, 0.15) is 6.07 Å². The van der Waals surface area contributed by atoms with Crippen LogP contribution in [0, 0.1) is 11.3 Å². The third kappa shape index (κ3) is 2.93. The van der Waals surface area contributed by atoms with Gasteiger partial charge in [0.25, 0.3) is 0 Å². The van der Waals surface area contributed by atoms with Gasteiger partial charge in [0.05, 0.1) is 11.3 Å². The van der Waals surface area contributed by atoms with Crippen LogP contribution in [0.3, 0.4) is 0 Å². The van der Waals surface area contributed by atoms with Crippen molar-refractivity contribution in [1.82, 2.24) is 0 Å². The SMILES string of the molecule is CSCCNc1cccc(Br)c1C#N. The molecule has 0 radical (unpaired) electrons. The summed E-state index contributed by atoms with van der Waals surface area (Å²) in [6.07, 6.45) is 2.06. The predicted octanol–water partition coefficient (Wildman–Crippen LogP) is 3.10. The first-order chi connectivity index (χ1) is 6.79. The smallest absolute Gasteiger partial charge is 0.103 e. The highest BCUT2D eigenvalue weighted by molar-refractivity contribution is 9.10. The Morgan fingerprint density at radius 2 is 2.36 bits per heavy atom. The van der Waals surface area contributed by atoms with Crippen LogP contribution in [-0.2, 0) is 0 Å². The number of nitrogens with zero attached hydrogens (tertiary/aromatic N) is 1. The van der Waals surface area contributed by atoms with Gasteiger partial charge >= 0.3 is 0 Å². The van der Waals surface area contributed by atoms with Crippen molar-refractivity contribution in [3.63, 3.8) is 0 Å². The molecule has 0 aliphatic carbocycles. The average molecular weight is 271 g/mol. The van der Waals surface area contributed by atoms with E-state index in [1.807, 2.05) is 18.2 Å².